The van der Waals surface area contributed by atoms with Crippen LogP contribution < -0.4 is 0 Å². The molecule has 0 bridgehead atoms. The Labute approximate surface area is 87.7 Å². The summed E-state index contributed by atoms with van der Waals surface area (Å²) >= 11 is 0. The van der Waals surface area contributed by atoms with E-state index in [1.165, 1.54) is 6.07 Å². The van der Waals surface area contributed by atoms with E-state index < -0.39 is 17.2 Å². The standard InChI is InChI=1S/C12H13FO2/c1-8-6-12(7-8,11(14)15)9-4-2-3-5-10(9)13/h2-5,8H,6-7H2,1H3,(H,14,15). The van der Waals surface area contributed by atoms with Gasteiger partial charge in [0.25, 0.3) is 0 Å². The molecule has 1 aliphatic rings. The number of rotatable bonds is 2. The normalized spacial score (nSPS) is 29.6. The zero-order valence-electron chi connectivity index (χ0n) is 8.53. The van der Waals surface area contributed by atoms with Crippen LogP contribution in [0.15, 0.2) is 24.3 Å². The number of hydrogen-bond acceptors (Lipinski definition) is 1. The Morgan fingerprint density at radius 2 is 2.07 bits per heavy atom. The number of carbonyl (C=O) groups is 1. The van der Waals surface area contributed by atoms with Crippen LogP contribution in [-0.2, 0) is 10.2 Å². The van der Waals surface area contributed by atoms with E-state index in [9.17, 15) is 14.3 Å². The van der Waals surface area contributed by atoms with Gasteiger partial charge in [0.1, 0.15) is 5.82 Å². The average molecular weight is 208 g/mol. The van der Waals surface area contributed by atoms with Crippen LogP contribution in [0.4, 0.5) is 4.39 Å². The highest BCUT2D eigenvalue weighted by molar-refractivity contribution is 5.82. The third kappa shape index (κ3) is 1.42. The van der Waals surface area contributed by atoms with E-state index in [4.69, 9.17) is 0 Å². The number of hydrogen-bond donors (Lipinski definition) is 1. The van der Waals surface area contributed by atoms with E-state index in [2.05, 4.69) is 0 Å². The molecule has 0 spiro atoms. The van der Waals surface area contributed by atoms with Crippen molar-refractivity contribution < 1.29 is 14.3 Å². The Morgan fingerprint density at radius 3 is 2.53 bits per heavy atom. The van der Waals surface area contributed by atoms with Gasteiger partial charge in [0, 0.05) is 5.56 Å². The maximum atomic E-state index is 13.5. The van der Waals surface area contributed by atoms with Crippen LogP contribution >= 0.6 is 0 Å². The predicted molar refractivity (Wildman–Crippen MR) is 54.1 cm³/mol. The fourth-order valence-electron chi connectivity index (χ4n) is 2.49. The van der Waals surface area contributed by atoms with E-state index in [-0.39, 0.29) is 0 Å². The van der Waals surface area contributed by atoms with E-state index in [0.717, 1.165) is 0 Å². The maximum Gasteiger partial charge on any atom is 0.314 e. The number of aliphatic carboxylic acids is 1. The first-order valence-corrected chi connectivity index (χ1v) is 5.05. The molecule has 1 aromatic rings. The summed E-state index contributed by atoms with van der Waals surface area (Å²) in [5.41, 5.74) is -0.652. The minimum atomic E-state index is -0.981. The van der Waals surface area contributed by atoms with Gasteiger partial charge < -0.3 is 5.11 Å². The molecule has 1 fully saturated rings. The molecule has 0 unspecified atom stereocenters. The molecule has 0 heterocycles. The van der Waals surface area contributed by atoms with Gasteiger partial charge >= 0.3 is 5.97 Å². The van der Waals surface area contributed by atoms with Crippen LogP contribution in [0.25, 0.3) is 0 Å². The summed E-state index contributed by atoms with van der Waals surface area (Å²) in [6, 6.07) is 6.17. The molecule has 2 nitrogen and oxygen atoms in total. The van der Waals surface area contributed by atoms with Crippen molar-refractivity contribution in [1.29, 1.82) is 0 Å². The lowest BCUT2D eigenvalue weighted by Crippen LogP contribution is -2.47. The molecule has 2 rings (SSSR count). The molecule has 80 valence electrons. The first-order chi connectivity index (χ1) is 7.06. The molecule has 0 aromatic heterocycles. The van der Waals surface area contributed by atoms with Gasteiger partial charge in [-0.1, -0.05) is 25.1 Å². The summed E-state index contributed by atoms with van der Waals surface area (Å²) in [6.45, 7) is 1.99. The maximum absolute atomic E-state index is 13.5. The molecule has 0 saturated heterocycles. The smallest absolute Gasteiger partial charge is 0.314 e. The van der Waals surface area contributed by atoms with Gasteiger partial charge in [0.15, 0.2) is 0 Å². The van der Waals surface area contributed by atoms with Crippen molar-refractivity contribution in [2.45, 2.75) is 25.2 Å². The summed E-state index contributed by atoms with van der Waals surface area (Å²) in [5.74, 6) is -0.960. The summed E-state index contributed by atoms with van der Waals surface area (Å²) in [4.78, 5) is 11.2. The second-order valence-corrected chi connectivity index (χ2v) is 4.38. The fraction of sp³-hybridized carbons (Fsp3) is 0.417. The van der Waals surface area contributed by atoms with Gasteiger partial charge in [-0.3, -0.25) is 4.79 Å². The van der Waals surface area contributed by atoms with Gasteiger partial charge in [-0.05, 0) is 24.8 Å². The molecule has 0 radical (unpaired) electrons. The van der Waals surface area contributed by atoms with Gasteiger partial charge in [-0.15, -0.1) is 0 Å². The molecular formula is C12H13FO2. The summed E-state index contributed by atoms with van der Waals surface area (Å²) in [5, 5.41) is 9.21. The molecule has 0 aliphatic heterocycles. The minimum Gasteiger partial charge on any atom is -0.481 e. The second kappa shape index (κ2) is 3.33. The molecule has 1 saturated carbocycles. The zero-order valence-corrected chi connectivity index (χ0v) is 8.53. The molecule has 3 heteroatoms. The Hall–Kier alpha value is -1.38. The number of halogens is 1. The Balaban J connectivity index is 2.43. The molecule has 0 amide bonds. The van der Waals surface area contributed by atoms with Crippen LogP contribution in [-0.4, -0.2) is 11.1 Å². The topological polar surface area (TPSA) is 37.3 Å². The lowest BCUT2D eigenvalue weighted by molar-refractivity contribution is -0.149. The monoisotopic (exact) mass is 208 g/mol. The SMILES string of the molecule is CC1CC(C(=O)O)(c2ccccc2F)C1. The lowest BCUT2D eigenvalue weighted by Gasteiger charge is -2.43. The predicted octanol–water partition coefficient (Wildman–Crippen LogP) is 2.58. The summed E-state index contributed by atoms with van der Waals surface area (Å²) in [7, 11) is 0. The Morgan fingerprint density at radius 1 is 1.47 bits per heavy atom. The molecule has 1 N–H and O–H groups in total. The van der Waals surface area contributed by atoms with Crippen molar-refractivity contribution in [1.82, 2.24) is 0 Å². The Bertz CT molecular complexity index is 394. The van der Waals surface area contributed by atoms with Gasteiger partial charge in [0.2, 0.25) is 0 Å². The van der Waals surface area contributed by atoms with Crippen LogP contribution in [0, 0.1) is 11.7 Å². The summed E-state index contributed by atoms with van der Waals surface area (Å²) < 4.78 is 13.5. The number of carboxylic acids is 1. The molecule has 1 aliphatic carbocycles. The third-order valence-corrected chi connectivity index (χ3v) is 3.19. The van der Waals surface area contributed by atoms with Gasteiger partial charge in [0.05, 0.1) is 5.41 Å². The molecule has 15 heavy (non-hydrogen) atoms. The first kappa shape index (κ1) is 10.1. The zero-order chi connectivity index (χ0) is 11.1. The molecular weight excluding hydrogens is 195 g/mol. The van der Waals surface area contributed by atoms with Crippen LogP contribution in [0.2, 0.25) is 0 Å². The van der Waals surface area contributed by atoms with E-state index in [1.807, 2.05) is 6.92 Å². The minimum absolute atomic E-state index is 0.329. The fourth-order valence-corrected chi connectivity index (χ4v) is 2.49. The largest absolute Gasteiger partial charge is 0.481 e. The van der Waals surface area contributed by atoms with E-state index >= 15 is 0 Å². The van der Waals surface area contributed by atoms with Crippen molar-refractivity contribution in [2.75, 3.05) is 0 Å². The quantitative estimate of drug-likeness (QED) is 0.811. The highest BCUT2D eigenvalue weighted by Gasteiger charge is 2.51. The van der Waals surface area contributed by atoms with Crippen molar-refractivity contribution in [3.8, 4) is 0 Å². The number of carboxylic acid groups (broad SMARTS) is 1. The molecule has 1 aromatic carbocycles. The second-order valence-electron chi connectivity index (χ2n) is 4.38. The van der Waals surface area contributed by atoms with Crippen molar-refractivity contribution >= 4 is 5.97 Å². The van der Waals surface area contributed by atoms with Crippen LogP contribution in [0.1, 0.15) is 25.3 Å². The van der Waals surface area contributed by atoms with E-state index in [1.54, 1.807) is 18.2 Å². The first-order valence-electron chi connectivity index (χ1n) is 5.05. The summed E-state index contributed by atoms with van der Waals surface area (Å²) in [6.07, 6.45) is 1.06. The Kier molecular flexibility index (Phi) is 2.25. The average Bonchev–Trinajstić information content (AvgIpc) is 2.13. The highest BCUT2D eigenvalue weighted by atomic mass is 19.1. The van der Waals surface area contributed by atoms with Crippen LogP contribution in [0.5, 0.6) is 0 Å². The van der Waals surface area contributed by atoms with Crippen molar-refractivity contribution in [3.63, 3.8) is 0 Å². The van der Waals surface area contributed by atoms with Crippen molar-refractivity contribution in [3.05, 3.63) is 35.6 Å². The number of benzene rings is 1. The molecule has 0 atom stereocenters. The van der Waals surface area contributed by atoms with Crippen molar-refractivity contribution in [2.24, 2.45) is 5.92 Å². The third-order valence-electron chi connectivity index (χ3n) is 3.19. The van der Waals surface area contributed by atoms with Gasteiger partial charge in [-0.2, -0.15) is 0 Å². The van der Waals surface area contributed by atoms with Gasteiger partial charge in [-0.25, -0.2) is 4.39 Å². The van der Waals surface area contributed by atoms with Crippen LogP contribution in [0.3, 0.4) is 0 Å². The highest BCUT2D eigenvalue weighted by Crippen LogP contribution is 2.48. The lowest BCUT2D eigenvalue weighted by atomic mass is 9.59. The van der Waals surface area contributed by atoms with E-state index in [0.29, 0.717) is 24.3 Å².